The van der Waals surface area contributed by atoms with Gasteiger partial charge in [-0.05, 0) is 24.7 Å². The zero-order valence-corrected chi connectivity index (χ0v) is 7.13. The Morgan fingerprint density at radius 3 is 2.50 bits per heavy atom. The van der Waals surface area contributed by atoms with E-state index in [1.165, 1.54) is 26.8 Å². The smallest absolute Gasteiger partial charge is 0.0236 e. The molecule has 2 heteroatoms. The van der Waals surface area contributed by atoms with E-state index in [1.54, 1.807) is 12.8 Å². The molecule has 1 saturated carbocycles. The first-order valence-corrected chi connectivity index (χ1v) is 4.45. The lowest BCUT2D eigenvalue weighted by Gasteiger charge is -1.89. The Labute approximate surface area is 59.6 Å². The van der Waals surface area contributed by atoms with Crippen molar-refractivity contribution in [3.63, 3.8) is 0 Å². The molecule has 8 heavy (non-hydrogen) atoms. The molecule has 1 unspecified atom stereocenters. The number of rotatable bonds is 3. The van der Waals surface area contributed by atoms with Gasteiger partial charge in [-0.15, -0.1) is 21.0 Å². The van der Waals surface area contributed by atoms with Crippen LogP contribution in [0.3, 0.4) is 0 Å². The molecule has 1 atom stereocenters. The molecular formula is C6H14ClP. The van der Waals surface area contributed by atoms with Crippen LogP contribution in [0.25, 0.3) is 0 Å². The molecule has 0 nitrogen and oxygen atoms in total. The lowest BCUT2D eigenvalue weighted by atomic mass is 10.6. The van der Waals surface area contributed by atoms with E-state index in [9.17, 15) is 0 Å². The molecule has 1 rings (SSSR count). The highest BCUT2D eigenvalue weighted by atomic mass is 35.5. The second kappa shape index (κ2) is 4.58. The highest BCUT2D eigenvalue weighted by molar-refractivity contribution is 7.39. The first-order chi connectivity index (χ1) is 3.43. The van der Waals surface area contributed by atoms with Crippen molar-refractivity contribution in [2.45, 2.75) is 31.8 Å². The van der Waals surface area contributed by atoms with Crippen molar-refractivity contribution in [3.05, 3.63) is 0 Å². The third-order valence-electron chi connectivity index (χ3n) is 1.26. The Morgan fingerprint density at radius 2 is 2.12 bits per heavy atom. The van der Waals surface area contributed by atoms with Crippen molar-refractivity contribution < 1.29 is 0 Å². The highest BCUT2D eigenvalue weighted by Gasteiger charge is 2.19. The maximum absolute atomic E-state index is 2.27. The fourth-order valence-electron chi connectivity index (χ4n) is 0.636. The molecule has 0 heterocycles. The lowest BCUT2D eigenvalue weighted by molar-refractivity contribution is 1.10. The van der Waals surface area contributed by atoms with Gasteiger partial charge in [-0.1, -0.05) is 13.3 Å². The molecule has 0 aliphatic heterocycles. The van der Waals surface area contributed by atoms with Gasteiger partial charge in [0.2, 0.25) is 0 Å². The van der Waals surface area contributed by atoms with E-state index in [0.717, 1.165) is 0 Å². The first-order valence-electron chi connectivity index (χ1n) is 3.17. The maximum atomic E-state index is 2.27. The first kappa shape index (κ1) is 8.72. The third kappa shape index (κ3) is 3.69. The normalized spacial score (nSPS) is 19.1. The van der Waals surface area contributed by atoms with Crippen LogP contribution < -0.4 is 0 Å². The van der Waals surface area contributed by atoms with E-state index < -0.39 is 0 Å². The van der Waals surface area contributed by atoms with Crippen LogP contribution >= 0.6 is 21.0 Å². The summed E-state index contributed by atoms with van der Waals surface area (Å²) in [5.74, 6) is 0. The van der Waals surface area contributed by atoms with Gasteiger partial charge >= 0.3 is 0 Å². The Balaban J connectivity index is 0.000000490. The van der Waals surface area contributed by atoms with Crippen LogP contribution in [0.15, 0.2) is 0 Å². The van der Waals surface area contributed by atoms with Crippen LogP contribution in [0, 0.1) is 0 Å². The number of hydrogen-bond donors (Lipinski definition) is 0. The quantitative estimate of drug-likeness (QED) is 0.546. The summed E-state index contributed by atoms with van der Waals surface area (Å²) in [5, 5.41) is 0. The second-order valence-corrected chi connectivity index (χ2v) is 3.95. The zero-order chi connectivity index (χ0) is 5.11. The molecule has 1 aliphatic carbocycles. The van der Waals surface area contributed by atoms with Gasteiger partial charge in [0.25, 0.3) is 0 Å². The molecule has 0 amide bonds. The molecule has 0 aromatic rings. The van der Waals surface area contributed by atoms with Gasteiger partial charge in [0.05, 0.1) is 0 Å². The average molecular weight is 153 g/mol. The van der Waals surface area contributed by atoms with E-state index in [4.69, 9.17) is 0 Å². The highest BCUT2D eigenvalue weighted by Crippen LogP contribution is 2.38. The minimum absolute atomic E-state index is 0. The number of hydrogen-bond acceptors (Lipinski definition) is 0. The summed E-state index contributed by atoms with van der Waals surface area (Å²) in [5.41, 5.74) is 1.18. The monoisotopic (exact) mass is 152 g/mol. The molecule has 0 aromatic heterocycles. The predicted molar refractivity (Wildman–Crippen MR) is 43.7 cm³/mol. The van der Waals surface area contributed by atoms with Crippen molar-refractivity contribution in [3.8, 4) is 0 Å². The fourth-order valence-corrected chi connectivity index (χ4v) is 1.91. The van der Waals surface area contributed by atoms with Crippen LogP contribution in [0.5, 0.6) is 0 Å². The van der Waals surface area contributed by atoms with Crippen LogP contribution in [-0.2, 0) is 0 Å². The molecule has 50 valence electrons. The molecule has 0 bridgehead atoms. The van der Waals surface area contributed by atoms with E-state index in [1.807, 2.05) is 0 Å². The summed E-state index contributed by atoms with van der Waals surface area (Å²) in [6, 6.07) is 0. The van der Waals surface area contributed by atoms with Crippen molar-refractivity contribution in [2.75, 3.05) is 6.16 Å². The van der Waals surface area contributed by atoms with E-state index in [2.05, 4.69) is 6.92 Å². The molecule has 0 radical (unpaired) electrons. The molecule has 1 fully saturated rings. The summed E-state index contributed by atoms with van der Waals surface area (Å²) < 4.78 is 0. The summed E-state index contributed by atoms with van der Waals surface area (Å²) >= 11 is 0. The summed E-state index contributed by atoms with van der Waals surface area (Å²) in [6.45, 7) is 2.27. The van der Waals surface area contributed by atoms with Crippen LogP contribution in [-0.4, -0.2) is 11.8 Å². The van der Waals surface area contributed by atoms with Gasteiger partial charge in [-0.2, -0.15) is 0 Å². The molecule has 1 aliphatic rings. The molecule has 0 N–H and O–H groups in total. The Kier molecular flexibility index (Phi) is 5.00. The van der Waals surface area contributed by atoms with Crippen LogP contribution in [0.4, 0.5) is 0 Å². The largest absolute Gasteiger partial charge is 0.147 e. The van der Waals surface area contributed by atoms with Gasteiger partial charge < -0.3 is 0 Å². The molecular weight excluding hydrogens is 138 g/mol. The topological polar surface area (TPSA) is 0 Å². The Hall–Kier alpha value is 0.720. The maximum Gasteiger partial charge on any atom is -0.0236 e. The van der Waals surface area contributed by atoms with Crippen LogP contribution in [0.2, 0.25) is 0 Å². The van der Waals surface area contributed by atoms with E-state index >= 15 is 0 Å². The number of halogens is 1. The van der Waals surface area contributed by atoms with Crippen LogP contribution in [0.1, 0.15) is 26.2 Å². The molecule has 0 saturated heterocycles. The molecule has 0 aromatic carbocycles. The molecule has 0 spiro atoms. The van der Waals surface area contributed by atoms with Gasteiger partial charge in [0, 0.05) is 0 Å². The summed E-state index contributed by atoms with van der Waals surface area (Å²) in [6.07, 6.45) is 5.97. The minimum Gasteiger partial charge on any atom is -0.147 e. The predicted octanol–water partition coefficient (Wildman–Crippen LogP) is 2.66. The summed E-state index contributed by atoms with van der Waals surface area (Å²) in [7, 11) is 1.30. The van der Waals surface area contributed by atoms with Crippen molar-refractivity contribution in [2.24, 2.45) is 0 Å². The zero-order valence-electron chi connectivity index (χ0n) is 5.31. The third-order valence-corrected chi connectivity index (χ3v) is 3.20. The minimum atomic E-state index is 0. The lowest BCUT2D eigenvalue weighted by Crippen LogP contribution is -1.71. The Bertz CT molecular complexity index is 52.5. The van der Waals surface area contributed by atoms with Gasteiger partial charge in [0.1, 0.15) is 0 Å². The van der Waals surface area contributed by atoms with Crippen molar-refractivity contribution >= 4 is 21.0 Å². The summed E-state index contributed by atoms with van der Waals surface area (Å²) in [4.78, 5) is 0. The fraction of sp³-hybridized carbons (Fsp3) is 1.00. The van der Waals surface area contributed by atoms with Gasteiger partial charge in [0.15, 0.2) is 0 Å². The standard InChI is InChI=1S/C6H13P.ClH/c1-2-5-7-6-3-4-6;/h6-7H,2-5H2,1H3;1H. The van der Waals surface area contributed by atoms with E-state index in [-0.39, 0.29) is 12.4 Å². The van der Waals surface area contributed by atoms with Crippen molar-refractivity contribution in [1.82, 2.24) is 0 Å². The van der Waals surface area contributed by atoms with Gasteiger partial charge in [-0.3, -0.25) is 0 Å². The van der Waals surface area contributed by atoms with Crippen molar-refractivity contribution in [1.29, 1.82) is 0 Å². The Morgan fingerprint density at radius 1 is 1.50 bits per heavy atom. The average Bonchev–Trinajstić information content (AvgIpc) is 2.42. The van der Waals surface area contributed by atoms with Gasteiger partial charge in [-0.25, -0.2) is 0 Å². The SMILES string of the molecule is CCCPC1CC1.Cl. The second-order valence-electron chi connectivity index (χ2n) is 2.23. The van der Waals surface area contributed by atoms with E-state index in [0.29, 0.717) is 0 Å².